The molecule has 18 heavy (non-hydrogen) atoms. The van der Waals surface area contributed by atoms with Crippen molar-refractivity contribution in [1.29, 1.82) is 0 Å². The van der Waals surface area contributed by atoms with Crippen molar-refractivity contribution in [2.45, 2.75) is 70.6 Å². The molecule has 0 bridgehead atoms. The Balaban J connectivity index is 4.58. The van der Waals surface area contributed by atoms with E-state index in [0.29, 0.717) is 19.8 Å². The number of hydrogen-bond acceptors (Lipinski definition) is 2. The highest BCUT2D eigenvalue weighted by Crippen LogP contribution is 2.28. The Morgan fingerprint density at radius 2 is 1.78 bits per heavy atom. The van der Waals surface area contributed by atoms with Crippen LogP contribution in [0, 0.1) is 0 Å². The zero-order chi connectivity index (χ0) is 14.4. The molecule has 0 aromatic carbocycles. The van der Waals surface area contributed by atoms with Crippen LogP contribution in [0.25, 0.3) is 0 Å². The summed E-state index contributed by atoms with van der Waals surface area (Å²) in [5.41, 5.74) is 2.25. The lowest BCUT2D eigenvalue weighted by Gasteiger charge is -2.29. The number of rotatable bonds is 7. The van der Waals surface area contributed by atoms with Gasteiger partial charge in [-0.3, -0.25) is 4.79 Å². The molecule has 0 radical (unpaired) electrons. The minimum Gasteiger partial charge on any atom is -0.351 e. The zero-order valence-electron chi connectivity index (χ0n) is 11.2. The maximum Gasteiger partial charge on any atom is 0.415 e. The van der Waals surface area contributed by atoms with Gasteiger partial charge in [-0.1, -0.05) is 33.1 Å². The third-order valence-electron chi connectivity index (χ3n) is 2.94. The van der Waals surface area contributed by atoms with Gasteiger partial charge in [-0.05, 0) is 19.8 Å². The second kappa shape index (κ2) is 6.97. The molecule has 0 aliphatic carbocycles. The van der Waals surface area contributed by atoms with Crippen LogP contribution in [0.2, 0.25) is 0 Å². The molecular formula is C12H23F3N2O. The molecule has 0 aromatic heterocycles. The van der Waals surface area contributed by atoms with E-state index in [1.165, 1.54) is 0 Å². The minimum absolute atomic E-state index is 0.229. The number of carbonyl (C=O) groups excluding carboxylic acids is 1. The van der Waals surface area contributed by atoms with Crippen LogP contribution in [0.5, 0.6) is 0 Å². The first-order valence-electron chi connectivity index (χ1n) is 6.33. The Labute approximate surface area is 106 Å². The van der Waals surface area contributed by atoms with Gasteiger partial charge in [0, 0.05) is 6.04 Å². The minimum atomic E-state index is -4.74. The lowest BCUT2D eigenvalue weighted by atomic mass is 9.99. The number of nitrogens with one attached hydrogen (secondary N) is 1. The van der Waals surface area contributed by atoms with Gasteiger partial charge in [-0.2, -0.15) is 13.2 Å². The molecule has 0 fully saturated rings. The molecule has 0 aliphatic heterocycles. The van der Waals surface area contributed by atoms with Gasteiger partial charge in [0.1, 0.15) is 0 Å². The summed E-state index contributed by atoms with van der Waals surface area (Å²) in [7, 11) is 0. The van der Waals surface area contributed by atoms with Crippen molar-refractivity contribution in [1.82, 2.24) is 5.32 Å². The highest BCUT2D eigenvalue weighted by Gasteiger charge is 2.54. The Hall–Kier alpha value is -0.780. The second-order valence-electron chi connectivity index (χ2n) is 4.80. The summed E-state index contributed by atoms with van der Waals surface area (Å²) in [5, 5.41) is 2.42. The summed E-state index contributed by atoms with van der Waals surface area (Å²) in [5.74, 6) is -1.15. The summed E-state index contributed by atoms with van der Waals surface area (Å²) in [6.07, 6.45) is -0.766. The maximum atomic E-state index is 12.6. The van der Waals surface area contributed by atoms with Gasteiger partial charge in [0.15, 0.2) is 5.54 Å². The highest BCUT2D eigenvalue weighted by atomic mass is 19.4. The maximum absolute atomic E-state index is 12.6. The molecule has 108 valence electrons. The normalized spacial score (nSPS) is 17.1. The van der Waals surface area contributed by atoms with Gasteiger partial charge in [0.05, 0.1) is 0 Å². The van der Waals surface area contributed by atoms with Gasteiger partial charge >= 0.3 is 6.18 Å². The number of unbranched alkanes of at least 4 members (excludes halogenated alkanes) is 1. The topological polar surface area (TPSA) is 55.1 Å². The fourth-order valence-corrected chi connectivity index (χ4v) is 1.55. The molecule has 2 atom stereocenters. The van der Waals surface area contributed by atoms with Gasteiger partial charge in [0.2, 0.25) is 5.91 Å². The fourth-order valence-electron chi connectivity index (χ4n) is 1.55. The van der Waals surface area contributed by atoms with Crippen LogP contribution < -0.4 is 11.1 Å². The van der Waals surface area contributed by atoms with Gasteiger partial charge in [-0.25, -0.2) is 0 Å². The predicted octanol–water partition coefficient (Wildman–Crippen LogP) is 2.74. The molecule has 0 aromatic rings. The molecule has 3 N–H and O–H groups in total. The number of halogens is 3. The van der Waals surface area contributed by atoms with Crippen LogP contribution in [0.1, 0.15) is 52.9 Å². The van der Waals surface area contributed by atoms with E-state index < -0.39 is 17.6 Å². The first-order valence-corrected chi connectivity index (χ1v) is 6.33. The zero-order valence-corrected chi connectivity index (χ0v) is 11.2. The first kappa shape index (κ1) is 17.2. The Morgan fingerprint density at radius 3 is 2.17 bits per heavy atom. The molecule has 0 rings (SSSR count). The Bertz CT molecular complexity index is 265. The third kappa shape index (κ3) is 4.84. The van der Waals surface area contributed by atoms with Crippen LogP contribution in [0.15, 0.2) is 0 Å². The van der Waals surface area contributed by atoms with Crippen LogP contribution in [-0.4, -0.2) is 23.7 Å². The van der Waals surface area contributed by atoms with E-state index >= 15 is 0 Å². The molecule has 6 heteroatoms. The standard InChI is InChI=1S/C12H23F3N2O/c1-4-6-8-9(7-5-2)17-10(18)11(3,16)12(13,14)15/h9H,4-8,16H2,1-3H3,(H,17,18). The number of nitrogens with two attached hydrogens (primary N) is 1. The third-order valence-corrected chi connectivity index (χ3v) is 2.94. The van der Waals surface area contributed by atoms with E-state index in [-0.39, 0.29) is 6.04 Å². The van der Waals surface area contributed by atoms with Crippen LogP contribution in [-0.2, 0) is 4.79 Å². The van der Waals surface area contributed by atoms with E-state index in [0.717, 1.165) is 19.3 Å². The monoisotopic (exact) mass is 268 g/mol. The van der Waals surface area contributed by atoms with E-state index in [9.17, 15) is 18.0 Å². The van der Waals surface area contributed by atoms with E-state index in [1.54, 1.807) is 0 Å². The van der Waals surface area contributed by atoms with Gasteiger partial charge in [-0.15, -0.1) is 0 Å². The van der Waals surface area contributed by atoms with Crippen molar-refractivity contribution in [3.8, 4) is 0 Å². The van der Waals surface area contributed by atoms with E-state index in [4.69, 9.17) is 5.73 Å². The Kier molecular flexibility index (Phi) is 6.67. The Morgan fingerprint density at radius 1 is 1.22 bits per heavy atom. The second-order valence-corrected chi connectivity index (χ2v) is 4.80. The van der Waals surface area contributed by atoms with E-state index in [1.807, 2.05) is 13.8 Å². The molecular weight excluding hydrogens is 245 g/mol. The van der Waals surface area contributed by atoms with Crippen molar-refractivity contribution in [3.05, 3.63) is 0 Å². The fraction of sp³-hybridized carbons (Fsp3) is 0.917. The summed E-state index contributed by atoms with van der Waals surface area (Å²) in [6, 6.07) is -0.229. The largest absolute Gasteiger partial charge is 0.415 e. The van der Waals surface area contributed by atoms with Crippen molar-refractivity contribution >= 4 is 5.91 Å². The molecule has 3 nitrogen and oxygen atoms in total. The van der Waals surface area contributed by atoms with Gasteiger partial charge < -0.3 is 11.1 Å². The first-order chi connectivity index (χ1) is 8.16. The van der Waals surface area contributed by atoms with Crippen molar-refractivity contribution in [2.75, 3.05) is 0 Å². The summed E-state index contributed by atoms with van der Waals surface area (Å²) >= 11 is 0. The SMILES string of the molecule is CCCCC(CCC)NC(=O)C(C)(N)C(F)(F)F. The summed E-state index contributed by atoms with van der Waals surface area (Å²) in [4.78, 5) is 11.6. The summed E-state index contributed by atoms with van der Waals surface area (Å²) in [6.45, 7) is 4.62. The molecule has 0 aliphatic rings. The number of hydrogen-bond donors (Lipinski definition) is 2. The number of carbonyl (C=O) groups is 1. The molecule has 0 saturated carbocycles. The van der Waals surface area contributed by atoms with Crippen molar-refractivity contribution < 1.29 is 18.0 Å². The average Bonchev–Trinajstić information content (AvgIpc) is 2.24. The average molecular weight is 268 g/mol. The predicted molar refractivity (Wildman–Crippen MR) is 65.0 cm³/mol. The number of amides is 1. The highest BCUT2D eigenvalue weighted by molar-refractivity contribution is 5.86. The number of alkyl halides is 3. The van der Waals surface area contributed by atoms with Crippen LogP contribution in [0.3, 0.4) is 0 Å². The van der Waals surface area contributed by atoms with Crippen LogP contribution >= 0.6 is 0 Å². The molecule has 0 heterocycles. The smallest absolute Gasteiger partial charge is 0.351 e. The van der Waals surface area contributed by atoms with E-state index in [2.05, 4.69) is 5.32 Å². The van der Waals surface area contributed by atoms with Crippen molar-refractivity contribution in [3.63, 3.8) is 0 Å². The quantitative estimate of drug-likeness (QED) is 0.746. The van der Waals surface area contributed by atoms with Crippen molar-refractivity contribution in [2.24, 2.45) is 5.73 Å². The summed E-state index contributed by atoms with van der Waals surface area (Å²) < 4.78 is 37.8. The lowest BCUT2D eigenvalue weighted by molar-refractivity contribution is -0.187. The molecule has 2 unspecified atom stereocenters. The van der Waals surface area contributed by atoms with Crippen LogP contribution in [0.4, 0.5) is 13.2 Å². The molecule has 0 spiro atoms. The molecule has 1 amide bonds. The lowest BCUT2D eigenvalue weighted by Crippen LogP contribution is -2.62. The van der Waals surface area contributed by atoms with Gasteiger partial charge in [0.25, 0.3) is 0 Å². The molecule has 0 saturated heterocycles.